The normalized spacial score (nSPS) is 13.2. The van der Waals surface area contributed by atoms with Gasteiger partial charge in [0.05, 0.1) is 0 Å². The Kier molecular flexibility index (Phi) is 20.0. The maximum absolute atomic E-state index is 2.59. The van der Waals surface area contributed by atoms with Gasteiger partial charge >= 0.3 is 0 Å². The van der Waals surface area contributed by atoms with E-state index in [9.17, 15) is 0 Å². The first kappa shape index (κ1) is 88.0. The molecule has 4 aliphatic rings. The van der Waals surface area contributed by atoms with Crippen LogP contribution in [-0.2, 0) is 49.7 Å². The summed E-state index contributed by atoms with van der Waals surface area (Å²) in [5.41, 5.74) is 51.5. The third kappa shape index (κ3) is 14.4. The topological polar surface area (TPSA) is 0 Å². The van der Waals surface area contributed by atoms with Crippen LogP contribution in [-0.4, -0.2) is 0 Å². The first-order valence-corrected chi connectivity index (χ1v) is 49.9. The summed E-state index contributed by atoms with van der Waals surface area (Å²) in [7, 11) is 0. The maximum Gasteiger partial charge on any atom is -0.000740 e. The summed E-state index contributed by atoms with van der Waals surface area (Å²) in [6.07, 6.45) is 1.04. The molecule has 4 aliphatic carbocycles. The van der Waals surface area contributed by atoms with E-state index >= 15 is 0 Å². The monoisotopic (exact) mass is 1760 g/mol. The lowest BCUT2D eigenvalue weighted by atomic mass is 9.75. The van der Waals surface area contributed by atoms with E-state index < -0.39 is 0 Å². The largest absolute Gasteiger partial charge is 0.0622 e. The van der Waals surface area contributed by atoms with Crippen molar-refractivity contribution in [2.75, 3.05) is 0 Å². The highest BCUT2D eigenvalue weighted by Crippen LogP contribution is 2.65. The SMILES string of the molecule is CC(C)(C)c1cc(-c2c3c(c(-c4cc(C(C)(C)C)cc(C(C)(C)C)c4)c4cc5ccccc5cc24)-c2ccc4c5c(ccc-3c25)-c2ccc(-c3c(-c5ccccc5)cccc3-c3ccccc3)cc2-4)cc(C(C)(C)C)c1.CCc1ccc2c(c1)-c1ccc3c4c(ccc-2c14)-c1cc2c(-c4cc(C(C)(C)C)cc(C(C)(C)C)c4)c4ccccc4c(-c4cc(C(C)(C)C)cc(C(C)(C)C)c4)c2cc1-3. The molecule has 23 rings (SSSR count). The van der Waals surface area contributed by atoms with Gasteiger partial charge < -0.3 is 0 Å². The Morgan fingerprint density at radius 1 is 0.147 bits per heavy atom. The molecule has 0 N–H and O–H groups in total. The molecule has 0 fully saturated rings. The highest BCUT2D eigenvalue weighted by molar-refractivity contribution is 6.34. The Bertz CT molecular complexity index is 7830. The number of rotatable bonds is 8. The Morgan fingerprint density at radius 3 is 0.743 bits per heavy atom. The van der Waals surface area contributed by atoms with Gasteiger partial charge in [-0.05, 0) is 362 Å². The third-order valence-electron chi connectivity index (χ3n) is 30.8. The fourth-order valence-corrected chi connectivity index (χ4v) is 22.9. The van der Waals surface area contributed by atoms with Crippen LogP contribution >= 0.6 is 0 Å². The molecule has 136 heavy (non-hydrogen) atoms. The van der Waals surface area contributed by atoms with Crippen LogP contribution in [0, 0.1) is 0 Å². The van der Waals surface area contributed by atoms with Gasteiger partial charge in [-0.2, -0.15) is 0 Å². The first-order valence-electron chi connectivity index (χ1n) is 49.9. The summed E-state index contributed by atoms with van der Waals surface area (Å²) in [5, 5.41) is 15.9. The lowest BCUT2D eigenvalue weighted by molar-refractivity contribution is 0.568. The van der Waals surface area contributed by atoms with E-state index in [0.717, 1.165) is 6.42 Å². The maximum atomic E-state index is 2.59. The van der Waals surface area contributed by atoms with Crippen LogP contribution in [0.25, 0.3) is 232 Å². The smallest absolute Gasteiger partial charge is 0.000740 e. The van der Waals surface area contributed by atoms with Crippen LogP contribution in [0.2, 0.25) is 0 Å². The zero-order chi connectivity index (χ0) is 95.2. The van der Waals surface area contributed by atoms with Crippen molar-refractivity contribution in [3.63, 3.8) is 0 Å². The predicted molar refractivity (Wildman–Crippen MR) is 593 cm³/mol. The van der Waals surface area contributed by atoms with E-state index in [0.29, 0.717) is 0 Å². The van der Waals surface area contributed by atoms with Crippen LogP contribution < -0.4 is 0 Å². The van der Waals surface area contributed by atoms with E-state index in [2.05, 4.69) is 482 Å². The number of fused-ring (bicyclic) bond motifs is 16. The second-order valence-corrected chi connectivity index (χ2v) is 48.3. The lowest BCUT2D eigenvalue weighted by Gasteiger charge is -2.29. The van der Waals surface area contributed by atoms with Crippen molar-refractivity contribution in [1.29, 1.82) is 0 Å². The van der Waals surface area contributed by atoms with Gasteiger partial charge in [0.25, 0.3) is 0 Å². The minimum atomic E-state index is -0.0575. The fraction of sp³-hybridized carbons (Fsp3) is 0.250. The van der Waals surface area contributed by atoms with Crippen LogP contribution in [0.4, 0.5) is 0 Å². The summed E-state index contributed by atoms with van der Waals surface area (Å²) in [5.74, 6) is 0. The Labute approximate surface area is 808 Å². The molecular weight excluding hydrogens is 1630 g/mol. The van der Waals surface area contributed by atoms with Gasteiger partial charge in [-0.15, -0.1) is 0 Å². The predicted octanol–water partition coefficient (Wildman–Crippen LogP) is 39.5. The van der Waals surface area contributed by atoms with Gasteiger partial charge in [-0.1, -0.05) is 452 Å². The van der Waals surface area contributed by atoms with Crippen LogP contribution in [0.1, 0.15) is 223 Å². The third-order valence-corrected chi connectivity index (χ3v) is 30.8. The zero-order valence-corrected chi connectivity index (χ0v) is 84.7. The molecule has 0 heterocycles. The minimum absolute atomic E-state index is 0.00595. The number of aryl methyl sites for hydroxylation is 1. The molecule has 0 spiro atoms. The molecule has 0 nitrogen and oxygen atoms in total. The van der Waals surface area contributed by atoms with E-state index in [1.165, 1.54) is 282 Å². The Morgan fingerprint density at radius 2 is 0.412 bits per heavy atom. The molecule has 0 saturated heterocycles. The number of hydrogen-bond acceptors (Lipinski definition) is 0. The second kappa shape index (κ2) is 30.9. The van der Waals surface area contributed by atoms with Gasteiger partial charge in [0.15, 0.2) is 0 Å². The minimum Gasteiger partial charge on any atom is -0.0622 e. The van der Waals surface area contributed by atoms with Crippen molar-refractivity contribution in [2.45, 2.75) is 223 Å². The van der Waals surface area contributed by atoms with Crippen molar-refractivity contribution >= 4 is 64.6 Å². The average Bonchev–Trinajstić information content (AvgIpc) is 1.51. The molecule has 0 amide bonds. The summed E-state index contributed by atoms with van der Waals surface area (Å²) in [6.45, 7) is 58.9. The van der Waals surface area contributed by atoms with Gasteiger partial charge in [0, 0.05) is 0 Å². The highest BCUT2D eigenvalue weighted by atomic mass is 14.4. The molecule has 19 aromatic carbocycles. The zero-order valence-electron chi connectivity index (χ0n) is 84.7. The summed E-state index contributed by atoms with van der Waals surface area (Å²) < 4.78 is 0. The van der Waals surface area contributed by atoms with Gasteiger partial charge in [0.2, 0.25) is 0 Å². The van der Waals surface area contributed by atoms with Crippen LogP contribution in [0.3, 0.4) is 0 Å². The summed E-state index contributed by atoms with van der Waals surface area (Å²) in [4.78, 5) is 0. The molecule has 0 heteroatoms. The molecule has 0 saturated carbocycles. The molecule has 0 atom stereocenters. The molecule has 0 aromatic heterocycles. The van der Waals surface area contributed by atoms with E-state index in [-0.39, 0.29) is 43.3 Å². The standard InChI is InChI=1S/C76H68.C60H60/c1-73(2,3)52-36-50(37-53(43-52)74(4,5)6)67-64-40-47-26-19-20-27-48(47)41-65(64)68(51-38-54(75(7,8)9)44-55(39-51)76(10,11)12)72-62-35-33-60-63-42-49(30-31-58(63)59-32-34-61(71(67)72)70(62)69(59)60)66-56(45-22-15-13-16-23-45)28-21-29-57(66)46-24-17-14-18-25-46;1-14-34-19-20-41-44-21-22-46-49-32-51-52(33-50(49)47-24-23-45(48(41)25-34)55(44)56(46)47)54(36-28-39(59(8,9)10)31-40(29-36)60(11,12)13)43-18-16-15-17-42(43)53(51)35-26-37(57(2,3)4)30-38(27-35)58(5,6)7/h13-44H,1-12H3;15-33H,14H2,1-13H3. The Hall–Kier alpha value is -13.3. The molecule has 0 unspecified atom stereocenters. The molecule has 19 aromatic rings. The van der Waals surface area contributed by atoms with E-state index in [1.54, 1.807) is 0 Å². The molecular formula is C136H128. The highest BCUT2D eigenvalue weighted by Gasteiger charge is 2.39. The van der Waals surface area contributed by atoms with E-state index in [1.807, 2.05) is 0 Å². The first-order chi connectivity index (χ1) is 64.4. The quantitative estimate of drug-likeness (QED) is 0.133. The Balaban J connectivity index is 0.000000162. The average molecular weight is 1760 g/mol. The lowest BCUT2D eigenvalue weighted by Crippen LogP contribution is -2.17. The number of benzene rings is 19. The fourth-order valence-electron chi connectivity index (χ4n) is 22.9. The van der Waals surface area contributed by atoms with Crippen molar-refractivity contribution < 1.29 is 0 Å². The van der Waals surface area contributed by atoms with Crippen LogP contribution in [0.15, 0.2) is 309 Å². The van der Waals surface area contributed by atoms with Crippen molar-refractivity contribution in [1.82, 2.24) is 0 Å². The molecule has 0 aliphatic heterocycles. The molecule has 0 radical (unpaired) electrons. The van der Waals surface area contributed by atoms with E-state index in [4.69, 9.17) is 0 Å². The van der Waals surface area contributed by atoms with Gasteiger partial charge in [-0.25, -0.2) is 0 Å². The van der Waals surface area contributed by atoms with Gasteiger partial charge in [0.1, 0.15) is 0 Å². The molecule has 0 bridgehead atoms. The van der Waals surface area contributed by atoms with Crippen LogP contribution in [0.5, 0.6) is 0 Å². The van der Waals surface area contributed by atoms with Crippen molar-refractivity contribution in [3.8, 4) is 167 Å². The van der Waals surface area contributed by atoms with Crippen molar-refractivity contribution in [3.05, 3.63) is 359 Å². The number of hydrogen-bond donors (Lipinski definition) is 0. The van der Waals surface area contributed by atoms with Crippen molar-refractivity contribution in [2.24, 2.45) is 0 Å². The summed E-state index contributed by atoms with van der Waals surface area (Å²) >= 11 is 0. The second-order valence-electron chi connectivity index (χ2n) is 48.3. The molecule has 672 valence electrons. The summed E-state index contributed by atoms with van der Waals surface area (Å²) in [6, 6.07) is 121. The van der Waals surface area contributed by atoms with Gasteiger partial charge in [-0.3, -0.25) is 0 Å².